The lowest BCUT2D eigenvalue weighted by atomic mass is 10.1. The number of likely N-dealkylation sites (tertiary alicyclic amines) is 1. The normalized spacial score (nSPS) is 15.7. The Kier molecular flexibility index (Phi) is 2.39. The molecule has 2 heterocycles. The molecular weight excluding hydrogens is 210 g/mol. The Morgan fingerprint density at radius 3 is 2.65 bits per heavy atom. The monoisotopic (exact) mass is 227 g/mol. The van der Waals surface area contributed by atoms with E-state index in [1.165, 1.54) is 23.7 Å². The Bertz CT molecular complexity index is 562. The Balaban J connectivity index is 2.08. The van der Waals surface area contributed by atoms with E-state index in [1.807, 2.05) is 19.2 Å². The molecule has 0 saturated carbocycles. The lowest BCUT2D eigenvalue weighted by Gasteiger charge is -2.17. The maximum atomic E-state index is 8.33. The van der Waals surface area contributed by atoms with E-state index in [1.54, 1.807) is 0 Å². The van der Waals surface area contributed by atoms with Crippen LogP contribution in [0.4, 0.5) is 0 Å². The average Bonchev–Trinajstić information content (AvgIpc) is 2.97. The van der Waals surface area contributed by atoms with Crippen molar-refractivity contribution in [2.45, 2.75) is 12.8 Å². The molecule has 0 radical (unpaired) electrons. The van der Waals surface area contributed by atoms with Crippen LogP contribution in [-0.4, -0.2) is 28.4 Å². The Hall–Kier alpha value is -1.77. The summed E-state index contributed by atoms with van der Waals surface area (Å²) in [5.41, 5.74) is 2.26. The van der Waals surface area contributed by atoms with Crippen LogP contribution in [0.5, 0.6) is 0 Å². The van der Waals surface area contributed by atoms with Gasteiger partial charge in [0.25, 0.3) is 0 Å². The number of aromatic nitrogens is 1. The van der Waals surface area contributed by atoms with Gasteiger partial charge in [-0.3, -0.25) is 5.41 Å². The molecule has 3 heteroatoms. The molecule has 1 fully saturated rings. The van der Waals surface area contributed by atoms with E-state index < -0.39 is 0 Å². The lowest BCUT2D eigenvalue weighted by Crippen LogP contribution is -2.27. The Labute approximate surface area is 101 Å². The number of amidine groups is 1. The van der Waals surface area contributed by atoms with Crippen molar-refractivity contribution in [3.8, 4) is 0 Å². The van der Waals surface area contributed by atoms with Gasteiger partial charge in [0.1, 0.15) is 5.84 Å². The summed E-state index contributed by atoms with van der Waals surface area (Å²) in [5.74, 6) is 0.680. The van der Waals surface area contributed by atoms with Crippen molar-refractivity contribution in [3.63, 3.8) is 0 Å². The Morgan fingerprint density at radius 2 is 1.88 bits per heavy atom. The van der Waals surface area contributed by atoms with Gasteiger partial charge in [0.05, 0.1) is 0 Å². The first-order chi connectivity index (χ1) is 8.27. The molecule has 0 unspecified atom stereocenters. The van der Waals surface area contributed by atoms with Gasteiger partial charge in [-0.25, -0.2) is 0 Å². The first-order valence-electron chi connectivity index (χ1n) is 6.15. The number of benzene rings is 1. The molecule has 0 spiro atoms. The number of para-hydroxylation sites is 1. The standard InChI is InChI=1S/C14H17N3/c1-16-10-12(11-6-2-3-7-13(11)16)14(15)17-8-4-5-9-17/h2-3,6-7,10,15H,4-5,8-9H2,1H3. The van der Waals surface area contributed by atoms with Gasteiger partial charge in [0, 0.05) is 42.8 Å². The third-order valence-electron chi connectivity index (χ3n) is 3.57. The van der Waals surface area contributed by atoms with Crippen molar-refractivity contribution in [2.75, 3.05) is 13.1 Å². The second-order valence-electron chi connectivity index (χ2n) is 4.71. The zero-order valence-corrected chi connectivity index (χ0v) is 10.1. The summed E-state index contributed by atoms with van der Waals surface area (Å²) in [5, 5.41) is 9.52. The maximum absolute atomic E-state index is 8.33. The molecule has 1 saturated heterocycles. The quantitative estimate of drug-likeness (QED) is 0.589. The highest BCUT2D eigenvalue weighted by molar-refractivity contribution is 6.08. The smallest absolute Gasteiger partial charge is 0.130 e. The lowest BCUT2D eigenvalue weighted by molar-refractivity contribution is 0.517. The summed E-state index contributed by atoms with van der Waals surface area (Å²) < 4.78 is 2.11. The van der Waals surface area contributed by atoms with Crippen LogP contribution in [0.15, 0.2) is 30.5 Å². The number of rotatable bonds is 1. The third-order valence-corrected chi connectivity index (χ3v) is 3.57. The van der Waals surface area contributed by atoms with Crippen molar-refractivity contribution in [1.29, 1.82) is 5.41 Å². The third kappa shape index (κ3) is 1.62. The van der Waals surface area contributed by atoms with Crippen LogP contribution in [0.25, 0.3) is 10.9 Å². The SMILES string of the molecule is Cn1cc(C(=N)N2CCCC2)c2ccccc21. The van der Waals surface area contributed by atoms with Crippen LogP contribution in [0, 0.1) is 5.41 Å². The topological polar surface area (TPSA) is 32.0 Å². The summed E-state index contributed by atoms with van der Waals surface area (Å²) in [6, 6.07) is 8.31. The molecule has 1 aromatic carbocycles. The maximum Gasteiger partial charge on any atom is 0.130 e. The van der Waals surface area contributed by atoms with Crippen LogP contribution in [0.2, 0.25) is 0 Å². The number of nitrogens with one attached hydrogen (secondary N) is 1. The van der Waals surface area contributed by atoms with E-state index in [9.17, 15) is 0 Å². The summed E-state index contributed by atoms with van der Waals surface area (Å²) in [6.07, 6.45) is 4.51. The summed E-state index contributed by atoms with van der Waals surface area (Å²) in [7, 11) is 2.04. The molecule has 1 N–H and O–H groups in total. The van der Waals surface area contributed by atoms with Crippen molar-refractivity contribution in [1.82, 2.24) is 9.47 Å². The minimum absolute atomic E-state index is 0.680. The fourth-order valence-corrected chi connectivity index (χ4v) is 2.64. The van der Waals surface area contributed by atoms with E-state index >= 15 is 0 Å². The van der Waals surface area contributed by atoms with Gasteiger partial charge in [-0.05, 0) is 18.9 Å². The molecule has 1 aliphatic rings. The minimum atomic E-state index is 0.680. The van der Waals surface area contributed by atoms with Crippen LogP contribution < -0.4 is 0 Å². The van der Waals surface area contributed by atoms with Gasteiger partial charge in [-0.2, -0.15) is 0 Å². The van der Waals surface area contributed by atoms with Crippen molar-refractivity contribution >= 4 is 16.7 Å². The van der Waals surface area contributed by atoms with Gasteiger partial charge < -0.3 is 9.47 Å². The number of hydrogen-bond acceptors (Lipinski definition) is 1. The fourth-order valence-electron chi connectivity index (χ4n) is 2.64. The first-order valence-corrected chi connectivity index (χ1v) is 6.15. The zero-order valence-electron chi connectivity index (χ0n) is 10.1. The van der Waals surface area contributed by atoms with Crippen LogP contribution in [0.1, 0.15) is 18.4 Å². The summed E-state index contributed by atoms with van der Waals surface area (Å²) in [6.45, 7) is 2.06. The van der Waals surface area contributed by atoms with Gasteiger partial charge >= 0.3 is 0 Å². The van der Waals surface area contributed by atoms with E-state index in [2.05, 4.69) is 27.8 Å². The molecule has 0 amide bonds. The molecule has 3 rings (SSSR count). The van der Waals surface area contributed by atoms with E-state index in [4.69, 9.17) is 5.41 Å². The molecule has 1 aromatic heterocycles. The van der Waals surface area contributed by atoms with Crippen LogP contribution in [-0.2, 0) is 7.05 Å². The molecule has 3 nitrogen and oxygen atoms in total. The highest BCUT2D eigenvalue weighted by Crippen LogP contribution is 2.23. The molecule has 0 atom stereocenters. The number of fused-ring (bicyclic) bond motifs is 1. The van der Waals surface area contributed by atoms with Crippen LogP contribution >= 0.6 is 0 Å². The minimum Gasteiger partial charge on any atom is -0.357 e. The largest absolute Gasteiger partial charge is 0.357 e. The molecular formula is C14H17N3. The molecule has 17 heavy (non-hydrogen) atoms. The molecule has 1 aliphatic heterocycles. The van der Waals surface area contributed by atoms with Gasteiger partial charge in [-0.1, -0.05) is 18.2 Å². The van der Waals surface area contributed by atoms with Gasteiger partial charge in [0.15, 0.2) is 0 Å². The molecule has 88 valence electrons. The van der Waals surface area contributed by atoms with Crippen molar-refractivity contribution in [3.05, 3.63) is 36.0 Å². The molecule has 0 aliphatic carbocycles. The van der Waals surface area contributed by atoms with E-state index in [0.717, 1.165) is 18.7 Å². The van der Waals surface area contributed by atoms with Crippen molar-refractivity contribution < 1.29 is 0 Å². The van der Waals surface area contributed by atoms with E-state index in [0.29, 0.717) is 5.84 Å². The van der Waals surface area contributed by atoms with E-state index in [-0.39, 0.29) is 0 Å². The summed E-state index contributed by atoms with van der Waals surface area (Å²) in [4.78, 5) is 2.18. The summed E-state index contributed by atoms with van der Waals surface area (Å²) >= 11 is 0. The molecule has 0 bridgehead atoms. The predicted octanol–water partition coefficient (Wildman–Crippen LogP) is 2.60. The second kappa shape index (κ2) is 3.91. The van der Waals surface area contributed by atoms with Gasteiger partial charge in [-0.15, -0.1) is 0 Å². The van der Waals surface area contributed by atoms with Crippen LogP contribution in [0.3, 0.4) is 0 Å². The van der Waals surface area contributed by atoms with Crippen molar-refractivity contribution in [2.24, 2.45) is 7.05 Å². The highest BCUT2D eigenvalue weighted by atomic mass is 15.2. The highest BCUT2D eigenvalue weighted by Gasteiger charge is 2.19. The first kappa shape index (κ1) is 10.4. The Morgan fingerprint density at radius 1 is 1.18 bits per heavy atom. The fraction of sp³-hybridized carbons (Fsp3) is 0.357. The average molecular weight is 227 g/mol. The number of aryl methyl sites for hydroxylation is 1. The predicted molar refractivity (Wildman–Crippen MR) is 70.6 cm³/mol. The number of nitrogens with zero attached hydrogens (tertiary/aromatic N) is 2. The zero-order chi connectivity index (χ0) is 11.8. The number of hydrogen-bond donors (Lipinski definition) is 1. The van der Waals surface area contributed by atoms with Gasteiger partial charge in [0.2, 0.25) is 0 Å². The second-order valence-corrected chi connectivity index (χ2v) is 4.71. The molecule has 2 aromatic rings.